The third kappa shape index (κ3) is 5.01. The van der Waals surface area contributed by atoms with Gasteiger partial charge in [-0.2, -0.15) is 0 Å². The summed E-state index contributed by atoms with van der Waals surface area (Å²) in [4.78, 5) is 16.0. The van der Waals surface area contributed by atoms with Crippen LogP contribution in [-0.2, 0) is 4.74 Å². The van der Waals surface area contributed by atoms with Crippen LogP contribution in [0.5, 0.6) is 0 Å². The third-order valence-electron chi connectivity index (χ3n) is 6.80. The standard InChI is InChI=1S/C26H32F2N6O/c1-3-4-32-5-7-34(8-6-32)26-18(2)25(24-22(28)13-19(27)14-23(24)31-26)30-20-15-21(17-29-16-20)33-9-11-35-12-10-33/h13-17H,3-12H2,1-2H3,(H,30,31). The summed E-state index contributed by atoms with van der Waals surface area (Å²) in [6.07, 6.45) is 4.67. The Kier molecular flexibility index (Phi) is 6.97. The van der Waals surface area contributed by atoms with Gasteiger partial charge in [-0.15, -0.1) is 0 Å². The minimum Gasteiger partial charge on any atom is -0.378 e. The molecule has 186 valence electrons. The van der Waals surface area contributed by atoms with Gasteiger partial charge in [0.2, 0.25) is 0 Å². The lowest BCUT2D eigenvalue weighted by Gasteiger charge is -2.36. The molecule has 3 aromatic rings. The van der Waals surface area contributed by atoms with Gasteiger partial charge >= 0.3 is 0 Å². The maximum absolute atomic E-state index is 15.1. The quantitative estimate of drug-likeness (QED) is 0.561. The van der Waals surface area contributed by atoms with Gasteiger partial charge in [0.15, 0.2) is 0 Å². The first-order valence-corrected chi connectivity index (χ1v) is 12.3. The van der Waals surface area contributed by atoms with Crippen molar-refractivity contribution in [2.45, 2.75) is 20.3 Å². The number of fused-ring (bicyclic) bond motifs is 1. The van der Waals surface area contributed by atoms with E-state index >= 15 is 4.39 Å². The predicted octanol–water partition coefficient (Wildman–Crippen LogP) is 4.33. The number of hydrogen-bond donors (Lipinski definition) is 1. The molecule has 0 saturated carbocycles. The Morgan fingerprint density at radius 3 is 2.49 bits per heavy atom. The second kappa shape index (κ2) is 10.3. The number of aromatic nitrogens is 2. The number of benzene rings is 1. The Morgan fingerprint density at radius 2 is 1.74 bits per heavy atom. The van der Waals surface area contributed by atoms with E-state index in [4.69, 9.17) is 9.72 Å². The van der Waals surface area contributed by atoms with Gasteiger partial charge in [0.25, 0.3) is 0 Å². The van der Waals surface area contributed by atoms with E-state index in [1.54, 1.807) is 6.20 Å². The molecule has 35 heavy (non-hydrogen) atoms. The SMILES string of the molecule is CCCN1CCN(c2nc3cc(F)cc(F)c3c(Nc3cncc(N4CCOCC4)c3)c2C)CC1. The highest BCUT2D eigenvalue weighted by atomic mass is 19.1. The van der Waals surface area contributed by atoms with Gasteiger partial charge in [0, 0.05) is 57.0 Å². The van der Waals surface area contributed by atoms with Crippen LogP contribution in [0, 0.1) is 18.6 Å². The van der Waals surface area contributed by atoms with Gasteiger partial charge in [-0.1, -0.05) is 6.92 Å². The molecule has 0 amide bonds. The number of piperazine rings is 1. The van der Waals surface area contributed by atoms with Crippen molar-refractivity contribution < 1.29 is 13.5 Å². The molecule has 0 radical (unpaired) electrons. The Hall–Kier alpha value is -3.04. The number of ether oxygens (including phenoxy) is 1. The minimum absolute atomic E-state index is 0.286. The summed E-state index contributed by atoms with van der Waals surface area (Å²) < 4.78 is 34.7. The molecular weight excluding hydrogens is 450 g/mol. The number of hydrogen-bond acceptors (Lipinski definition) is 7. The molecule has 0 aliphatic carbocycles. The highest BCUT2D eigenvalue weighted by molar-refractivity contribution is 5.97. The van der Waals surface area contributed by atoms with E-state index < -0.39 is 11.6 Å². The molecule has 0 spiro atoms. The highest BCUT2D eigenvalue weighted by Crippen LogP contribution is 2.37. The summed E-state index contributed by atoms with van der Waals surface area (Å²) in [5.74, 6) is -0.500. The van der Waals surface area contributed by atoms with E-state index in [1.807, 2.05) is 19.2 Å². The molecule has 0 unspecified atom stereocenters. The van der Waals surface area contributed by atoms with E-state index in [0.29, 0.717) is 24.4 Å². The van der Waals surface area contributed by atoms with Gasteiger partial charge < -0.3 is 19.9 Å². The van der Waals surface area contributed by atoms with E-state index in [2.05, 4.69) is 31.9 Å². The summed E-state index contributed by atoms with van der Waals surface area (Å²) in [5, 5.41) is 3.69. The average molecular weight is 483 g/mol. The lowest BCUT2D eigenvalue weighted by Crippen LogP contribution is -2.47. The zero-order chi connectivity index (χ0) is 24.4. The monoisotopic (exact) mass is 482 g/mol. The van der Waals surface area contributed by atoms with Gasteiger partial charge in [-0.05, 0) is 26.0 Å². The topological polar surface area (TPSA) is 56.8 Å². The predicted molar refractivity (Wildman–Crippen MR) is 136 cm³/mol. The van der Waals surface area contributed by atoms with Crippen LogP contribution in [0.2, 0.25) is 0 Å². The fraction of sp³-hybridized carbons (Fsp3) is 0.462. The van der Waals surface area contributed by atoms with Crippen LogP contribution in [0.1, 0.15) is 18.9 Å². The first-order valence-electron chi connectivity index (χ1n) is 12.3. The largest absolute Gasteiger partial charge is 0.378 e. The van der Waals surface area contributed by atoms with E-state index in [1.165, 1.54) is 6.07 Å². The van der Waals surface area contributed by atoms with Crippen molar-refractivity contribution in [2.75, 3.05) is 74.1 Å². The average Bonchev–Trinajstić information content (AvgIpc) is 2.87. The summed E-state index contributed by atoms with van der Waals surface area (Å²) in [6.45, 7) is 11.7. The third-order valence-corrected chi connectivity index (χ3v) is 6.80. The van der Waals surface area contributed by atoms with Gasteiger partial charge in [0.05, 0.1) is 53.6 Å². The van der Waals surface area contributed by atoms with Crippen LogP contribution in [0.15, 0.2) is 30.6 Å². The van der Waals surface area contributed by atoms with Crippen molar-refractivity contribution >= 4 is 33.8 Å². The summed E-state index contributed by atoms with van der Waals surface area (Å²) >= 11 is 0. The number of anilines is 4. The number of nitrogens with one attached hydrogen (secondary N) is 1. The lowest BCUT2D eigenvalue weighted by molar-refractivity contribution is 0.122. The molecule has 0 atom stereocenters. The van der Waals surface area contributed by atoms with Crippen molar-refractivity contribution in [3.05, 3.63) is 47.8 Å². The Morgan fingerprint density at radius 1 is 0.971 bits per heavy atom. The number of halogens is 2. The molecule has 2 saturated heterocycles. The Labute approximate surface area is 204 Å². The Balaban J connectivity index is 1.52. The van der Waals surface area contributed by atoms with Crippen molar-refractivity contribution in [3.8, 4) is 0 Å². The van der Waals surface area contributed by atoms with Crippen LogP contribution < -0.4 is 15.1 Å². The molecule has 7 nitrogen and oxygen atoms in total. The molecule has 1 N–H and O–H groups in total. The van der Waals surface area contributed by atoms with Crippen molar-refractivity contribution in [3.63, 3.8) is 0 Å². The maximum atomic E-state index is 15.1. The lowest BCUT2D eigenvalue weighted by atomic mass is 10.1. The fourth-order valence-electron chi connectivity index (χ4n) is 4.99. The van der Waals surface area contributed by atoms with Crippen LogP contribution in [0.25, 0.3) is 10.9 Å². The number of pyridine rings is 2. The van der Waals surface area contributed by atoms with Crippen LogP contribution in [0.4, 0.5) is 31.7 Å². The van der Waals surface area contributed by atoms with Crippen molar-refractivity contribution in [2.24, 2.45) is 0 Å². The molecule has 9 heteroatoms. The molecule has 4 heterocycles. The summed E-state index contributed by atoms with van der Waals surface area (Å²) in [5.41, 5.74) is 3.46. The molecule has 2 aliphatic heterocycles. The number of morpholine rings is 1. The first kappa shape index (κ1) is 23.7. The zero-order valence-corrected chi connectivity index (χ0v) is 20.4. The van der Waals surface area contributed by atoms with Crippen LogP contribution in [-0.4, -0.2) is 73.9 Å². The summed E-state index contributed by atoms with van der Waals surface area (Å²) in [6, 6.07) is 4.23. The minimum atomic E-state index is -0.632. The molecular formula is C26H32F2N6O. The van der Waals surface area contributed by atoms with Crippen molar-refractivity contribution in [1.29, 1.82) is 0 Å². The smallest absolute Gasteiger partial charge is 0.137 e. The molecule has 2 fully saturated rings. The van der Waals surface area contributed by atoms with Gasteiger partial charge in [0.1, 0.15) is 17.5 Å². The Bertz CT molecular complexity index is 1190. The van der Waals surface area contributed by atoms with Gasteiger partial charge in [-0.3, -0.25) is 9.88 Å². The van der Waals surface area contributed by atoms with Crippen LogP contribution >= 0.6 is 0 Å². The van der Waals surface area contributed by atoms with E-state index in [9.17, 15) is 4.39 Å². The normalized spacial score (nSPS) is 17.3. The number of rotatable bonds is 6. The molecule has 2 aliphatic rings. The molecule has 1 aromatic carbocycles. The molecule has 2 aromatic heterocycles. The van der Waals surface area contributed by atoms with E-state index in [-0.39, 0.29) is 5.39 Å². The summed E-state index contributed by atoms with van der Waals surface area (Å²) in [7, 11) is 0. The molecule has 0 bridgehead atoms. The fourth-order valence-corrected chi connectivity index (χ4v) is 4.99. The maximum Gasteiger partial charge on any atom is 0.137 e. The molecule has 5 rings (SSSR count). The second-order valence-electron chi connectivity index (χ2n) is 9.20. The van der Waals surface area contributed by atoms with Crippen LogP contribution in [0.3, 0.4) is 0 Å². The van der Waals surface area contributed by atoms with Gasteiger partial charge in [-0.25, -0.2) is 13.8 Å². The van der Waals surface area contributed by atoms with E-state index in [0.717, 1.165) is 81.1 Å². The second-order valence-corrected chi connectivity index (χ2v) is 9.20. The highest BCUT2D eigenvalue weighted by Gasteiger charge is 2.24. The zero-order valence-electron chi connectivity index (χ0n) is 20.4. The number of nitrogens with zero attached hydrogens (tertiary/aromatic N) is 5. The first-order chi connectivity index (χ1) is 17.0. The van der Waals surface area contributed by atoms with Crippen molar-refractivity contribution in [1.82, 2.24) is 14.9 Å².